The first-order valence-electron chi connectivity index (χ1n) is 9.88. The maximum Gasteiger partial charge on any atom is 0.267 e. The Morgan fingerprint density at radius 2 is 1.69 bits per heavy atom. The minimum atomic E-state index is -3.68. The summed E-state index contributed by atoms with van der Waals surface area (Å²) in [6.07, 6.45) is 0. The number of carbonyl (C=O) groups is 1. The molecule has 1 heterocycles. The molecule has 0 radical (unpaired) electrons. The van der Waals surface area contributed by atoms with Gasteiger partial charge in [-0.2, -0.15) is 0 Å². The number of nitrogens with one attached hydrogen (secondary N) is 3. The SMILES string of the molecule is COc1cc(OC)c2cc(C(=O)NCCNS(=O)(=O)c3cc(C)ccc3C)[nH]c2c1OC. The van der Waals surface area contributed by atoms with Crippen LogP contribution in [0.4, 0.5) is 0 Å². The molecule has 0 bridgehead atoms. The van der Waals surface area contributed by atoms with Crippen LogP contribution < -0.4 is 24.2 Å². The molecule has 0 aliphatic carbocycles. The van der Waals surface area contributed by atoms with E-state index in [1.54, 1.807) is 31.2 Å². The molecule has 0 spiro atoms. The van der Waals surface area contributed by atoms with E-state index in [9.17, 15) is 13.2 Å². The highest BCUT2D eigenvalue weighted by molar-refractivity contribution is 7.89. The Morgan fingerprint density at radius 3 is 2.34 bits per heavy atom. The third-order valence-corrected chi connectivity index (χ3v) is 6.62. The number of hydrogen-bond acceptors (Lipinski definition) is 6. The molecule has 3 N–H and O–H groups in total. The molecule has 3 rings (SSSR count). The number of amides is 1. The molecule has 0 fully saturated rings. The Hall–Kier alpha value is -3.24. The van der Waals surface area contributed by atoms with Crippen molar-refractivity contribution >= 4 is 26.8 Å². The lowest BCUT2D eigenvalue weighted by atomic mass is 10.2. The number of benzene rings is 2. The molecule has 3 aromatic rings. The third-order valence-electron chi connectivity index (χ3n) is 5.02. The Kier molecular flexibility index (Phi) is 6.95. The zero-order chi connectivity index (χ0) is 23.5. The van der Waals surface area contributed by atoms with E-state index < -0.39 is 15.9 Å². The Balaban J connectivity index is 1.71. The first-order valence-corrected chi connectivity index (χ1v) is 11.4. The third kappa shape index (κ3) is 4.66. The lowest BCUT2D eigenvalue weighted by Gasteiger charge is -2.11. The fraction of sp³-hybridized carbons (Fsp3) is 0.318. The molecule has 0 aliphatic rings. The van der Waals surface area contributed by atoms with E-state index in [0.29, 0.717) is 33.7 Å². The Morgan fingerprint density at radius 1 is 0.969 bits per heavy atom. The summed E-state index contributed by atoms with van der Waals surface area (Å²) in [6, 6.07) is 8.56. The van der Waals surface area contributed by atoms with Gasteiger partial charge in [-0.05, 0) is 37.1 Å². The molecule has 0 atom stereocenters. The molecule has 32 heavy (non-hydrogen) atoms. The summed E-state index contributed by atoms with van der Waals surface area (Å²) in [7, 11) is 0.864. The average molecular weight is 462 g/mol. The van der Waals surface area contributed by atoms with Crippen LogP contribution in [0.5, 0.6) is 17.2 Å². The number of aromatic amines is 1. The predicted molar refractivity (Wildman–Crippen MR) is 121 cm³/mol. The maximum absolute atomic E-state index is 12.6. The molecule has 9 nitrogen and oxygen atoms in total. The molecule has 0 saturated carbocycles. The second-order valence-corrected chi connectivity index (χ2v) is 8.94. The standard InChI is InChI=1S/C22H27N3O6S/c1-13-6-7-14(2)19(10-13)32(27,28)24-9-8-23-22(26)16-11-15-17(29-3)12-18(30-4)21(31-5)20(15)25-16/h6-7,10-12,24-25H,8-9H2,1-5H3,(H,23,26). The largest absolute Gasteiger partial charge is 0.496 e. The zero-order valence-electron chi connectivity index (χ0n) is 18.7. The molecule has 0 unspecified atom stereocenters. The number of fused-ring (bicyclic) bond motifs is 1. The van der Waals surface area contributed by atoms with E-state index in [1.165, 1.54) is 21.3 Å². The van der Waals surface area contributed by atoms with Crippen molar-refractivity contribution in [1.82, 2.24) is 15.0 Å². The van der Waals surface area contributed by atoms with Gasteiger partial charge in [0.15, 0.2) is 11.5 Å². The Bertz CT molecular complexity index is 1250. The number of hydrogen-bond donors (Lipinski definition) is 3. The van der Waals surface area contributed by atoms with Crippen LogP contribution in [0.25, 0.3) is 10.9 Å². The number of aromatic nitrogens is 1. The number of carbonyl (C=O) groups excluding carboxylic acids is 1. The number of ether oxygens (including phenoxy) is 3. The molecule has 0 aliphatic heterocycles. The molecule has 1 amide bonds. The topological polar surface area (TPSA) is 119 Å². The van der Waals surface area contributed by atoms with Gasteiger partial charge in [-0.15, -0.1) is 0 Å². The summed E-state index contributed by atoms with van der Waals surface area (Å²) in [5, 5.41) is 3.36. The average Bonchev–Trinajstić information content (AvgIpc) is 3.22. The number of methoxy groups -OCH3 is 3. The van der Waals surface area contributed by atoms with Gasteiger partial charge in [0.2, 0.25) is 10.0 Å². The molecule has 0 saturated heterocycles. The van der Waals surface area contributed by atoms with Crippen molar-refractivity contribution < 1.29 is 27.4 Å². The van der Waals surface area contributed by atoms with Crippen LogP contribution in [0.3, 0.4) is 0 Å². The van der Waals surface area contributed by atoms with Crippen molar-refractivity contribution in [3.8, 4) is 17.2 Å². The van der Waals surface area contributed by atoms with Gasteiger partial charge < -0.3 is 24.5 Å². The monoisotopic (exact) mass is 461 g/mol. The van der Waals surface area contributed by atoms with Crippen LogP contribution in [-0.4, -0.2) is 53.7 Å². The molecule has 2 aromatic carbocycles. The highest BCUT2D eigenvalue weighted by Gasteiger charge is 2.20. The van der Waals surface area contributed by atoms with Crippen molar-refractivity contribution in [2.75, 3.05) is 34.4 Å². The molecular formula is C22H27N3O6S. The minimum Gasteiger partial charge on any atom is -0.496 e. The van der Waals surface area contributed by atoms with Gasteiger partial charge in [0, 0.05) is 24.5 Å². The first kappa shape index (κ1) is 23.4. The fourth-order valence-electron chi connectivity index (χ4n) is 3.39. The quantitative estimate of drug-likeness (QED) is 0.422. The number of aryl methyl sites for hydroxylation is 2. The predicted octanol–water partition coefficient (Wildman–Crippen LogP) is 2.52. The van der Waals surface area contributed by atoms with E-state index in [4.69, 9.17) is 14.2 Å². The van der Waals surface area contributed by atoms with E-state index in [-0.39, 0.29) is 23.7 Å². The molecular weight excluding hydrogens is 434 g/mol. The van der Waals surface area contributed by atoms with Gasteiger partial charge >= 0.3 is 0 Å². The van der Waals surface area contributed by atoms with Gasteiger partial charge in [-0.1, -0.05) is 12.1 Å². The van der Waals surface area contributed by atoms with Crippen LogP contribution in [0.1, 0.15) is 21.6 Å². The summed E-state index contributed by atoms with van der Waals surface area (Å²) in [4.78, 5) is 15.9. The van der Waals surface area contributed by atoms with Crippen molar-refractivity contribution in [2.45, 2.75) is 18.7 Å². The highest BCUT2D eigenvalue weighted by Crippen LogP contribution is 2.41. The summed E-state index contributed by atoms with van der Waals surface area (Å²) >= 11 is 0. The van der Waals surface area contributed by atoms with E-state index in [0.717, 1.165) is 5.56 Å². The number of sulfonamides is 1. The lowest BCUT2D eigenvalue weighted by molar-refractivity contribution is 0.0950. The summed E-state index contributed by atoms with van der Waals surface area (Å²) < 4.78 is 43.8. The van der Waals surface area contributed by atoms with Gasteiger partial charge in [0.25, 0.3) is 5.91 Å². The van der Waals surface area contributed by atoms with Gasteiger partial charge in [0.1, 0.15) is 11.4 Å². The molecule has 10 heteroatoms. The van der Waals surface area contributed by atoms with E-state index in [1.807, 2.05) is 13.0 Å². The van der Waals surface area contributed by atoms with Crippen LogP contribution in [0, 0.1) is 13.8 Å². The number of H-pyrrole nitrogens is 1. The minimum absolute atomic E-state index is 0.0438. The molecule has 172 valence electrons. The van der Waals surface area contributed by atoms with Crippen molar-refractivity contribution in [3.63, 3.8) is 0 Å². The Labute approximate surface area is 187 Å². The smallest absolute Gasteiger partial charge is 0.267 e. The normalized spacial score (nSPS) is 11.4. The van der Waals surface area contributed by atoms with E-state index >= 15 is 0 Å². The van der Waals surface area contributed by atoms with Crippen LogP contribution >= 0.6 is 0 Å². The lowest BCUT2D eigenvalue weighted by Crippen LogP contribution is -2.35. The van der Waals surface area contributed by atoms with Crippen molar-refractivity contribution in [2.24, 2.45) is 0 Å². The van der Waals surface area contributed by atoms with Crippen LogP contribution in [0.2, 0.25) is 0 Å². The van der Waals surface area contributed by atoms with Gasteiger partial charge in [-0.25, -0.2) is 13.1 Å². The van der Waals surface area contributed by atoms with Gasteiger partial charge in [0.05, 0.1) is 31.7 Å². The van der Waals surface area contributed by atoms with E-state index in [2.05, 4.69) is 15.0 Å². The van der Waals surface area contributed by atoms with Crippen molar-refractivity contribution in [1.29, 1.82) is 0 Å². The van der Waals surface area contributed by atoms with Gasteiger partial charge in [-0.3, -0.25) is 4.79 Å². The summed E-state index contributed by atoms with van der Waals surface area (Å²) in [5.74, 6) is 1.04. The second-order valence-electron chi connectivity index (χ2n) is 7.21. The highest BCUT2D eigenvalue weighted by atomic mass is 32.2. The number of rotatable bonds is 9. The van der Waals surface area contributed by atoms with Crippen LogP contribution in [-0.2, 0) is 10.0 Å². The van der Waals surface area contributed by atoms with Crippen LogP contribution in [0.15, 0.2) is 35.2 Å². The summed E-state index contributed by atoms with van der Waals surface area (Å²) in [6.45, 7) is 3.72. The molecule has 1 aromatic heterocycles. The van der Waals surface area contributed by atoms with Crippen molar-refractivity contribution in [3.05, 3.63) is 47.2 Å². The second kappa shape index (κ2) is 9.49. The zero-order valence-corrected chi connectivity index (χ0v) is 19.5. The summed E-state index contributed by atoms with van der Waals surface area (Å²) in [5.41, 5.74) is 2.35. The maximum atomic E-state index is 12.6. The first-order chi connectivity index (χ1) is 15.2. The fourth-order valence-corrected chi connectivity index (χ4v) is 4.75.